The van der Waals surface area contributed by atoms with Crippen molar-refractivity contribution < 1.29 is 4.79 Å². The molecular weight excluding hydrogens is 290 g/mol. The van der Waals surface area contributed by atoms with Crippen LogP contribution in [0.5, 0.6) is 0 Å². The molecule has 0 radical (unpaired) electrons. The summed E-state index contributed by atoms with van der Waals surface area (Å²) in [5.74, 6) is 0.364. The number of hydrogen-bond acceptors (Lipinski definition) is 5. The van der Waals surface area contributed by atoms with Crippen LogP contribution in [-0.4, -0.2) is 42.1 Å². The van der Waals surface area contributed by atoms with Crippen molar-refractivity contribution in [2.24, 2.45) is 0 Å². The number of carbonyl (C=O) groups excluding carboxylic acids is 1. The van der Waals surface area contributed by atoms with Gasteiger partial charge in [0.2, 0.25) is 5.95 Å². The van der Waals surface area contributed by atoms with Crippen LogP contribution in [0.25, 0.3) is 0 Å². The molecule has 1 aromatic heterocycles. The van der Waals surface area contributed by atoms with E-state index < -0.39 is 0 Å². The second kappa shape index (κ2) is 8.12. The van der Waals surface area contributed by atoms with E-state index in [9.17, 15) is 4.79 Å². The molecule has 6 nitrogen and oxygen atoms in total. The molecule has 6 heteroatoms. The topological polar surface area (TPSA) is 70.2 Å². The van der Waals surface area contributed by atoms with Gasteiger partial charge >= 0.3 is 0 Å². The van der Waals surface area contributed by atoms with Gasteiger partial charge in [0.25, 0.3) is 5.91 Å². The van der Waals surface area contributed by atoms with Gasteiger partial charge in [-0.1, -0.05) is 18.2 Å². The van der Waals surface area contributed by atoms with Crippen molar-refractivity contribution in [3.05, 3.63) is 48.3 Å². The molecule has 122 valence electrons. The average Bonchev–Trinajstić information content (AvgIpc) is 2.60. The van der Waals surface area contributed by atoms with Gasteiger partial charge in [0, 0.05) is 44.3 Å². The second-order valence-corrected chi connectivity index (χ2v) is 5.33. The maximum Gasteiger partial charge on any atom is 0.254 e. The van der Waals surface area contributed by atoms with Gasteiger partial charge < -0.3 is 15.5 Å². The van der Waals surface area contributed by atoms with Crippen molar-refractivity contribution >= 4 is 17.5 Å². The molecule has 0 spiro atoms. The molecule has 0 aliphatic heterocycles. The van der Waals surface area contributed by atoms with Crippen LogP contribution in [0.2, 0.25) is 0 Å². The first-order chi connectivity index (χ1) is 11.1. The van der Waals surface area contributed by atoms with E-state index in [1.165, 1.54) is 12.4 Å². The summed E-state index contributed by atoms with van der Waals surface area (Å²) < 4.78 is 0. The number of likely N-dealkylation sites (N-methyl/N-ethyl adjacent to an activating group) is 1. The highest BCUT2D eigenvalue weighted by atomic mass is 16.1. The van der Waals surface area contributed by atoms with E-state index in [4.69, 9.17) is 0 Å². The minimum Gasteiger partial charge on any atom is -0.370 e. The zero-order valence-corrected chi connectivity index (χ0v) is 13.8. The first kappa shape index (κ1) is 16.7. The SMILES string of the molecule is CCNc1ncc(C(=O)NC[C@H](C)N(C)c2ccccc2)cn1. The van der Waals surface area contributed by atoms with Crippen LogP contribution in [0.15, 0.2) is 42.7 Å². The summed E-state index contributed by atoms with van der Waals surface area (Å²) in [7, 11) is 2.01. The van der Waals surface area contributed by atoms with Crippen LogP contribution in [0.3, 0.4) is 0 Å². The number of nitrogens with one attached hydrogen (secondary N) is 2. The average molecular weight is 313 g/mol. The van der Waals surface area contributed by atoms with Gasteiger partial charge in [-0.3, -0.25) is 4.79 Å². The molecule has 1 heterocycles. The molecule has 0 saturated heterocycles. The van der Waals surface area contributed by atoms with E-state index >= 15 is 0 Å². The molecule has 0 saturated carbocycles. The maximum absolute atomic E-state index is 12.1. The molecule has 0 aliphatic rings. The highest BCUT2D eigenvalue weighted by Crippen LogP contribution is 2.13. The molecule has 2 N–H and O–H groups in total. The van der Waals surface area contributed by atoms with Crippen molar-refractivity contribution in [2.45, 2.75) is 19.9 Å². The number of benzene rings is 1. The Hall–Kier alpha value is -2.63. The third kappa shape index (κ3) is 4.67. The van der Waals surface area contributed by atoms with Crippen LogP contribution in [0.1, 0.15) is 24.2 Å². The number of nitrogens with zero attached hydrogens (tertiary/aromatic N) is 3. The normalized spacial score (nSPS) is 11.6. The lowest BCUT2D eigenvalue weighted by molar-refractivity contribution is 0.0951. The molecule has 0 fully saturated rings. The van der Waals surface area contributed by atoms with Gasteiger partial charge in [-0.2, -0.15) is 0 Å². The van der Waals surface area contributed by atoms with E-state index in [0.717, 1.165) is 12.2 Å². The van der Waals surface area contributed by atoms with Crippen LogP contribution in [-0.2, 0) is 0 Å². The third-order valence-corrected chi connectivity index (χ3v) is 3.63. The minimum absolute atomic E-state index is 0.165. The van der Waals surface area contributed by atoms with Crippen molar-refractivity contribution in [3.8, 4) is 0 Å². The fraction of sp³-hybridized carbons (Fsp3) is 0.353. The standard InChI is InChI=1S/C17H23N5O/c1-4-18-17-20-11-14(12-21-17)16(23)19-10-13(2)22(3)15-8-6-5-7-9-15/h5-9,11-13H,4,10H2,1-3H3,(H,19,23)(H,18,20,21)/t13-/m0/s1. The summed E-state index contributed by atoms with van der Waals surface area (Å²) >= 11 is 0. The molecule has 1 aromatic carbocycles. The van der Waals surface area contributed by atoms with Crippen LogP contribution >= 0.6 is 0 Å². The number of para-hydroxylation sites is 1. The monoisotopic (exact) mass is 313 g/mol. The molecular formula is C17H23N5O. The molecule has 0 bridgehead atoms. The fourth-order valence-corrected chi connectivity index (χ4v) is 2.09. The number of anilines is 2. The molecule has 23 heavy (non-hydrogen) atoms. The highest BCUT2D eigenvalue weighted by molar-refractivity contribution is 5.93. The number of aromatic nitrogens is 2. The van der Waals surface area contributed by atoms with Crippen LogP contribution in [0, 0.1) is 0 Å². The number of amides is 1. The number of carbonyl (C=O) groups is 1. The fourth-order valence-electron chi connectivity index (χ4n) is 2.09. The number of hydrogen-bond donors (Lipinski definition) is 2. The zero-order valence-electron chi connectivity index (χ0n) is 13.8. The lowest BCUT2D eigenvalue weighted by Gasteiger charge is -2.27. The van der Waals surface area contributed by atoms with E-state index in [0.29, 0.717) is 18.1 Å². The summed E-state index contributed by atoms with van der Waals surface area (Å²) in [5, 5.41) is 5.92. The highest BCUT2D eigenvalue weighted by Gasteiger charge is 2.12. The Morgan fingerprint density at radius 1 is 1.22 bits per heavy atom. The Morgan fingerprint density at radius 3 is 2.48 bits per heavy atom. The molecule has 0 aliphatic carbocycles. The van der Waals surface area contributed by atoms with Crippen molar-refractivity contribution in [1.82, 2.24) is 15.3 Å². The second-order valence-electron chi connectivity index (χ2n) is 5.33. The van der Waals surface area contributed by atoms with Gasteiger partial charge in [-0.05, 0) is 26.0 Å². The van der Waals surface area contributed by atoms with E-state index in [2.05, 4.69) is 32.4 Å². The molecule has 1 amide bonds. The summed E-state index contributed by atoms with van der Waals surface area (Å²) in [4.78, 5) is 22.5. The Kier molecular flexibility index (Phi) is 5.91. The van der Waals surface area contributed by atoms with Gasteiger partial charge in [0.1, 0.15) is 0 Å². The Morgan fingerprint density at radius 2 is 1.87 bits per heavy atom. The largest absolute Gasteiger partial charge is 0.370 e. The summed E-state index contributed by atoms with van der Waals surface area (Å²) in [6.45, 7) is 5.32. The van der Waals surface area contributed by atoms with Crippen molar-refractivity contribution in [2.75, 3.05) is 30.4 Å². The summed E-state index contributed by atoms with van der Waals surface area (Å²) in [6, 6.07) is 10.3. The van der Waals surface area contributed by atoms with Gasteiger partial charge in [-0.15, -0.1) is 0 Å². The predicted octanol–water partition coefficient (Wildman–Crippen LogP) is 2.16. The quantitative estimate of drug-likeness (QED) is 0.820. The van der Waals surface area contributed by atoms with E-state index in [-0.39, 0.29) is 11.9 Å². The molecule has 0 unspecified atom stereocenters. The number of rotatable bonds is 7. The van der Waals surface area contributed by atoms with E-state index in [1.54, 1.807) is 0 Å². The molecule has 2 aromatic rings. The first-order valence-electron chi connectivity index (χ1n) is 7.73. The van der Waals surface area contributed by atoms with Crippen LogP contribution in [0.4, 0.5) is 11.6 Å². The van der Waals surface area contributed by atoms with E-state index in [1.807, 2.05) is 44.3 Å². The van der Waals surface area contributed by atoms with Crippen molar-refractivity contribution in [3.63, 3.8) is 0 Å². The molecule has 2 rings (SSSR count). The Bertz CT molecular complexity index is 615. The first-order valence-corrected chi connectivity index (χ1v) is 7.73. The predicted molar refractivity (Wildman–Crippen MR) is 92.8 cm³/mol. The van der Waals surface area contributed by atoms with Gasteiger partial charge in [0.05, 0.1) is 5.56 Å². The van der Waals surface area contributed by atoms with Crippen LogP contribution < -0.4 is 15.5 Å². The molecule has 1 atom stereocenters. The Balaban J connectivity index is 1.88. The maximum atomic E-state index is 12.1. The van der Waals surface area contributed by atoms with Crippen molar-refractivity contribution in [1.29, 1.82) is 0 Å². The Labute approximate surface area is 137 Å². The van der Waals surface area contributed by atoms with Gasteiger partial charge in [-0.25, -0.2) is 9.97 Å². The lowest BCUT2D eigenvalue weighted by atomic mass is 10.2. The summed E-state index contributed by atoms with van der Waals surface area (Å²) in [5.41, 5.74) is 1.58. The zero-order chi connectivity index (χ0) is 16.7. The lowest BCUT2D eigenvalue weighted by Crippen LogP contribution is -2.40. The minimum atomic E-state index is -0.165. The summed E-state index contributed by atoms with van der Waals surface area (Å²) in [6.07, 6.45) is 3.07. The smallest absolute Gasteiger partial charge is 0.254 e. The van der Waals surface area contributed by atoms with Gasteiger partial charge in [0.15, 0.2) is 0 Å². The third-order valence-electron chi connectivity index (χ3n) is 3.63.